The second-order valence-electron chi connectivity index (χ2n) is 18.2. The lowest BCUT2D eigenvalue weighted by Crippen LogP contribution is -2.56. The smallest absolute Gasteiger partial charge is 0.341 e. The minimum Gasteiger partial charge on any atom is -0.482 e. The number of nitrogens with zero attached hydrogens (tertiary/aromatic N) is 3. The lowest BCUT2D eigenvalue weighted by Gasteiger charge is -2.50. The topological polar surface area (TPSA) is 135 Å². The molecular formula is C45H70N4O7. The second-order valence-corrected chi connectivity index (χ2v) is 18.2. The number of hydroxylamine groups is 2. The lowest BCUT2D eigenvalue weighted by molar-refractivity contribution is -0.182. The highest BCUT2D eigenvalue weighted by molar-refractivity contribution is 5.82. The van der Waals surface area contributed by atoms with Crippen LogP contribution in [0.25, 0.3) is 0 Å². The summed E-state index contributed by atoms with van der Waals surface area (Å²) in [5.74, 6) is 0.381. The molecule has 2 aromatic rings. The van der Waals surface area contributed by atoms with Crippen LogP contribution in [0.5, 0.6) is 5.75 Å². The maximum absolute atomic E-state index is 14.3. The van der Waals surface area contributed by atoms with Crippen LogP contribution in [-0.4, -0.2) is 105 Å². The summed E-state index contributed by atoms with van der Waals surface area (Å²) in [6, 6.07) is 15.5. The number of carbonyl (C=O) groups is 2. The Morgan fingerprint density at radius 1 is 1.02 bits per heavy atom. The summed E-state index contributed by atoms with van der Waals surface area (Å²) in [6.45, 7) is 21.6. The van der Waals surface area contributed by atoms with Crippen molar-refractivity contribution in [3.05, 3.63) is 65.2 Å². The molecule has 0 spiro atoms. The molecule has 0 radical (unpaired) electrons. The van der Waals surface area contributed by atoms with Crippen LogP contribution >= 0.6 is 0 Å². The molecular weight excluding hydrogens is 709 g/mol. The Kier molecular flexibility index (Phi) is 15.4. The first-order valence-electron chi connectivity index (χ1n) is 21.1. The van der Waals surface area contributed by atoms with Gasteiger partial charge in [-0.05, 0) is 92.0 Å². The summed E-state index contributed by atoms with van der Waals surface area (Å²) in [7, 11) is 0. The zero-order valence-corrected chi connectivity index (χ0v) is 35.2. The van der Waals surface area contributed by atoms with Crippen LogP contribution in [-0.2, 0) is 34.1 Å². The predicted molar refractivity (Wildman–Crippen MR) is 218 cm³/mol. The number of rotatable bonds is 18. The van der Waals surface area contributed by atoms with E-state index in [9.17, 15) is 24.9 Å². The Morgan fingerprint density at radius 2 is 1.71 bits per heavy atom. The average Bonchev–Trinajstić information content (AvgIpc) is 3.80. The van der Waals surface area contributed by atoms with Crippen molar-refractivity contribution in [2.24, 2.45) is 35.0 Å². The molecule has 2 saturated heterocycles. The van der Waals surface area contributed by atoms with Crippen LogP contribution in [0.4, 0.5) is 0 Å². The molecule has 3 fully saturated rings. The van der Waals surface area contributed by atoms with E-state index in [0.29, 0.717) is 43.1 Å². The molecule has 312 valence electrons. The summed E-state index contributed by atoms with van der Waals surface area (Å²) in [5.41, 5.74) is 3.17. The standard InChI is InChI=1S/C45H70N4O7/c1-29(2)20-37(26-47-18-11-12-19-47)48(25-36-16-9-10-17-39(36)55-28-41(52)53)23-34-14-13-15-35(22-34)24-49-43(42(33(6)51)40(27-50)56-49)44(54)46-38-21-30(3)45(7,8)32(5)31(38)4/h9-10,13-17,22,29-33,37-38,40,42-43,50-51H,11-12,18-21,23-28H2,1-8H3,(H,46,54)(H,52,53)/t30-,31+,32+,33+,37+,38+,40+,42-,43+/m1/s1. The number of aliphatic hydroxyl groups excluding tert-OH is 2. The van der Waals surface area contributed by atoms with Gasteiger partial charge in [-0.1, -0.05) is 90.9 Å². The monoisotopic (exact) mass is 779 g/mol. The molecule has 11 heteroatoms. The van der Waals surface area contributed by atoms with Crippen LogP contribution in [0.2, 0.25) is 0 Å². The lowest BCUT2D eigenvalue weighted by atomic mass is 9.58. The third-order valence-electron chi connectivity index (χ3n) is 13.5. The van der Waals surface area contributed by atoms with Gasteiger partial charge in [0.15, 0.2) is 6.61 Å². The zero-order chi connectivity index (χ0) is 40.7. The molecule has 2 aliphatic heterocycles. The van der Waals surface area contributed by atoms with Gasteiger partial charge in [0, 0.05) is 43.2 Å². The minimum absolute atomic E-state index is 0.00138. The van der Waals surface area contributed by atoms with Crippen molar-refractivity contribution in [3.63, 3.8) is 0 Å². The van der Waals surface area contributed by atoms with E-state index >= 15 is 0 Å². The SMILES string of the molecule is CC(C)C[C@@H](CN1CCCC1)N(Cc1cccc(CN2O[C@@H](CO)[C@@H]([C@H](C)O)[C@H]2C(=O)N[C@H]2C[C@@H](C)C(C)(C)[C@@H](C)[C@@H]2C)c1)Cc1ccccc1OCC(=O)O. The van der Waals surface area contributed by atoms with E-state index in [4.69, 9.17) is 9.57 Å². The number of carboxylic acid groups (broad SMARTS) is 1. The number of likely N-dealkylation sites (tertiary alicyclic amines) is 1. The summed E-state index contributed by atoms with van der Waals surface area (Å²) >= 11 is 0. The third-order valence-corrected chi connectivity index (χ3v) is 13.5. The van der Waals surface area contributed by atoms with Crippen LogP contribution in [0.1, 0.15) is 97.8 Å². The third kappa shape index (κ3) is 10.9. The van der Waals surface area contributed by atoms with E-state index < -0.39 is 36.7 Å². The zero-order valence-electron chi connectivity index (χ0n) is 35.2. The summed E-state index contributed by atoms with van der Waals surface area (Å²) in [5, 5.41) is 35.8. The van der Waals surface area contributed by atoms with E-state index in [1.54, 1.807) is 12.0 Å². The second kappa shape index (κ2) is 19.6. The number of hydrogen-bond donors (Lipinski definition) is 4. The summed E-state index contributed by atoms with van der Waals surface area (Å²) in [6.07, 6.45) is 2.72. The highest BCUT2D eigenvalue weighted by Crippen LogP contribution is 2.47. The van der Waals surface area contributed by atoms with Crippen LogP contribution < -0.4 is 10.1 Å². The van der Waals surface area contributed by atoms with E-state index in [0.717, 1.165) is 49.2 Å². The van der Waals surface area contributed by atoms with Crippen molar-refractivity contribution in [1.29, 1.82) is 0 Å². The molecule has 0 unspecified atom stereocenters. The molecule has 11 nitrogen and oxygen atoms in total. The van der Waals surface area contributed by atoms with Crippen molar-refractivity contribution < 1.29 is 34.5 Å². The number of para-hydroxylation sites is 1. The highest BCUT2D eigenvalue weighted by atomic mass is 16.7. The summed E-state index contributed by atoms with van der Waals surface area (Å²) in [4.78, 5) is 37.1. The van der Waals surface area contributed by atoms with Gasteiger partial charge in [-0.15, -0.1) is 0 Å². The number of nitrogens with one attached hydrogen (secondary N) is 1. The van der Waals surface area contributed by atoms with E-state index in [1.165, 1.54) is 12.8 Å². The maximum Gasteiger partial charge on any atom is 0.341 e. The molecule has 2 aromatic carbocycles. The van der Waals surface area contributed by atoms with Gasteiger partial charge in [0.2, 0.25) is 5.91 Å². The van der Waals surface area contributed by atoms with E-state index in [-0.39, 0.29) is 35.9 Å². The van der Waals surface area contributed by atoms with Gasteiger partial charge < -0.3 is 30.3 Å². The average molecular weight is 779 g/mol. The first-order chi connectivity index (χ1) is 26.6. The molecule has 4 N–H and O–H groups in total. The fraction of sp³-hybridized carbons (Fsp3) is 0.689. The Labute approximate surface area is 335 Å². The quantitative estimate of drug-likeness (QED) is 0.144. The minimum atomic E-state index is -1.01. The van der Waals surface area contributed by atoms with Crippen molar-refractivity contribution in [1.82, 2.24) is 20.2 Å². The number of carbonyl (C=O) groups excluding carboxylic acids is 1. The molecule has 0 aromatic heterocycles. The van der Waals surface area contributed by atoms with E-state index in [2.05, 4.69) is 75.7 Å². The Balaban J connectivity index is 1.40. The van der Waals surface area contributed by atoms with Gasteiger partial charge in [-0.3, -0.25) is 14.5 Å². The number of benzene rings is 2. The van der Waals surface area contributed by atoms with Gasteiger partial charge in [-0.25, -0.2) is 4.79 Å². The Hall–Kier alpha value is -3.06. The number of ether oxygens (including phenoxy) is 1. The first-order valence-corrected chi connectivity index (χ1v) is 21.1. The largest absolute Gasteiger partial charge is 0.482 e. The van der Waals surface area contributed by atoms with Gasteiger partial charge in [0.05, 0.1) is 19.3 Å². The molecule has 2 heterocycles. The van der Waals surface area contributed by atoms with Gasteiger partial charge in [0.1, 0.15) is 17.9 Å². The molecule has 1 saturated carbocycles. The number of carboxylic acids is 1. The summed E-state index contributed by atoms with van der Waals surface area (Å²) < 4.78 is 5.76. The fourth-order valence-corrected chi connectivity index (χ4v) is 9.54. The normalized spacial score (nSPS) is 28.1. The molecule has 56 heavy (non-hydrogen) atoms. The van der Waals surface area contributed by atoms with E-state index in [1.807, 2.05) is 36.4 Å². The number of aliphatic carboxylic acids is 1. The van der Waals surface area contributed by atoms with Crippen molar-refractivity contribution in [2.75, 3.05) is 32.8 Å². The van der Waals surface area contributed by atoms with Gasteiger partial charge in [-0.2, -0.15) is 5.06 Å². The van der Waals surface area contributed by atoms with Gasteiger partial charge in [0.25, 0.3) is 0 Å². The fourth-order valence-electron chi connectivity index (χ4n) is 9.54. The molecule has 3 aliphatic rings. The maximum atomic E-state index is 14.3. The van der Waals surface area contributed by atoms with Gasteiger partial charge >= 0.3 is 5.97 Å². The van der Waals surface area contributed by atoms with Crippen molar-refractivity contribution in [2.45, 2.75) is 131 Å². The number of amides is 1. The van der Waals surface area contributed by atoms with Crippen molar-refractivity contribution in [3.8, 4) is 5.75 Å². The molecule has 0 bridgehead atoms. The Bertz CT molecular complexity index is 1580. The van der Waals surface area contributed by atoms with Crippen molar-refractivity contribution >= 4 is 11.9 Å². The van der Waals surface area contributed by atoms with Crippen LogP contribution in [0.3, 0.4) is 0 Å². The molecule has 1 aliphatic carbocycles. The molecule has 1 amide bonds. The molecule has 9 atom stereocenters. The predicted octanol–water partition coefficient (Wildman–Crippen LogP) is 5.96. The highest BCUT2D eigenvalue weighted by Gasteiger charge is 2.51. The first kappa shape index (κ1) is 44.1. The Morgan fingerprint density at radius 3 is 2.38 bits per heavy atom. The molecule has 5 rings (SSSR count). The number of hydrogen-bond acceptors (Lipinski definition) is 9. The number of aliphatic hydroxyl groups is 2. The van der Waals surface area contributed by atoms with Crippen LogP contribution in [0, 0.1) is 35.0 Å². The van der Waals surface area contributed by atoms with Crippen LogP contribution in [0.15, 0.2) is 48.5 Å².